The molecular formula is C35H46N2O6. The number of benzene rings is 3. The predicted molar refractivity (Wildman–Crippen MR) is 168 cm³/mol. The van der Waals surface area contributed by atoms with Crippen LogP contribution in [0.2, 0.25) is 0 Å². The maximum atomic E-state index is 11.2. The van der Waals surface area contributed by atoms with Gasteiger partial charge in [0, 0.05) is 37.9 Å². The lowest BCUT2D eigenvalue weighted by Crippen LogP contribution is -2.41. The molecule has 2 N–H and O–H groups in total. The molecule has 1 fully saturated rings. The average Bonchev–Trinajstić information content (AvgIpc) is 3.02. The fourth-order valence-corrected chi connectivity index (χ4v) is 5.28. The monoisotopic (exact) mass is 590 g/mol. The highest BCUT2D eigenvalue weighted by atomic mass is 16.5. The van der Waals surface area contributed by atoms with E-state index < -0.39 is 0 Å². The Bertz CT molecular complexity index is 1270. The molecule has 1 aliphatic rings. The number of methoxy groups -OCH3 is 1. The minimum absolute atomic E-state index is 0.0250. The molecule has 232 valence electrons. The molecule has 1 saturated heterocycles. The molecule has 0 radical (unpaired) electrons. The summed E-state index contributed by atoms with van der Waals surface area (Å²) >= 11 is 0. The van der Waals surface area contributed by atoms with Crippen molar-refractivity contribution < 1.29 is 28.5 Å². The van der Waals surface area contributed by atoms with Gasteiger partial charge in [-0.3, -0.25) is 4.79 Å². The van der Waals surface area contributed by atoms with Gasteiger partial charge in [0.1, 0.15) is 23.9 Å². The van der Waals surface area contributed by atoms with Gasteiger partial charge in [-0.15, -0.1) is 0 Å². The summed E-state index contributed by atoms with van der Waals surface area (Å²) in [5.41, 5.74) is 4.53. The predicted octanol–water partition coefficient (Wildman–Crippen LogP) is 5.21. The molecule has 3 aromatic carbocycles. The molecule has 0 unspecified atom stereocenters. The number of piperidine rings is 1. The fraction of sp³-hybridized carbons (Fsp3) is 0.457. The zero-order valence-corrected chi connectivity index (χ0v) is 25.7. The van der Waals surface area contributed by atoms with Crippen molar-refractivity contribution in [1.29, 1.82) is 0 Å². The van der Waals surface area contributed by atoms with Crippen LogP contribution in [0.25, 0.3) is 0 Å². The number of ether oxygens (including phenoxy) is 5. The molecule has 1 heterocycles. The molecule has 43 heavy (non-hydrogen) atoms. The first-order valence-corrected chi connectivity index (χ1v) is 15.2. The Morgan fingerprint density at radius 2 is 1.77 bits per heavy atom. The Balaban J connectivity index is 1.18. The summed E-state index contributed by atoms with van der Waals surface area (Å²) in [6.07, 6.45) is 2.62. The summed E-state index contributed by atoms with van der Waals surface area (Å²) in [5.74, 6) is 2.85. The van der Waals surface area contributed by atoms with E-state index in [-0.39, 0.29) is 12.0 Å². The van der Waals surface area contributed by atoms with Gasteiger partial charge in [-0.05, 0) is 67.3 Å². The molecule has 4 rings (SSSR count). The third-order valence-electron chi connectivity index (χ3n) is 7.55. The van der Waals surface area contributed by atoms with Crippen LogP contribution in [0, 0.1) is 6.92 Å². The number of amides is 1. The topological polar surface area (TPSA) is 87.3 Å². The van der Waals surface area contributed by atoms with Crippen LogP contribution in [0.3, 0.4) is 0 Å². The van der Waals surface area contributed by atoms with Gasteiger partial charge in [-0.1, -0.05) is 42.5 Å². The molecule has 8 heteroatoms. The van der Waals surface area contributed by atoms with Crippen LogP contribution in [0.15, 0.2) is 66.7 Å². The van der Waals surface area contributed by atoms with Crippen molar-refractivity contribution in [1.82, 2.24) is 10.6 Å². The highest BCUT2D eigenvalue weighted by Gasteiger charge is 2.27. The zero-order chi connectivity index (χ0) is 30.3. The van der Waals surface area contributed by atoms with E-state index in [9.17, 15) is 4.79 Å². The number of nitrogens with one attached hydrogen (secondary N) is 2. The quantitative estimate of drug-likeness (QED) is 0.209. The van der Waals surface area contributed by atoms with Crippen LogP contribution in [-0.2, 0) is 27.3 Å². The number of hydrogen-bond donors (Lipinski definition) is 2. The normalized spacial score (nSPS) is 16.4. The molecule has 3 aromatic rings. The van der Waals surface area contributed by atoms with Crippen molar-refractivity contribution in [3.05, 3.63) is 89.0 Å². The molecule has 8 nitrogen and oxygen atoms in total. The first-order valence-electron chi connectivity index (χ1n) is 15.2. The Morgan fingerprint density at radius 3 is 2.58 bits per heavy atom. The fourth-order valence-electron chi connectivity index (χ4n) is 5.28. The third kappa shape index (κ3) is 10.6. The van der Waals surface area contributed by atoms with Crippen LogP contribution < -0.4 is 24.8 Å². The van der Waals surface area contributed by atoms with Crippen LogP contribution in [-0.4, -0.2) is 65.2 Å². The van der Waals surface area contributed by atoms with Gasteiger partial charge >= 0.3 is 0 Å². The van der Waals surface area contributed by atoms with E-state index in [0.29, 0.717) is 45.5 Å². The van der Waals surface area contributed by atoms with Gasteiger partial charge in [0.05, 0.1) is 39.6 Å². The van der Waals surface area contributed by atoms with E-state index in [1.807, 2.05) is 42.5 Å². The van der Waals surface area contributed by atoms with E-state index in [1.54, 1.807) is 7.11 Å². The Morgan fingerprint density at radius 1 is 0.930 bits per heavy atom. The Hall–Kier alpha value is -3.59. The van der Waals surface area contributed by atoms with E-state index >= 15 is 0 Å². The molecule has 0 bridgehead atoms. The minimum atomic E-state index is -0.0250. The average molecular weight is 591 g/mol. The van der Waals surface area contributed by atoms with E-state index in [4.69, 9.17) is 23.7 Å². The van der Waals surface area contributed by atoms with Gasteiger partial charge in [-0.25, -0.2) is 0 Å². The van der Waals surface area contributed by atoms with Crippen LogP contribution in [0.5, 0.6) is 17.2 Å². The largest absolute Gasteiger partial charge is 0.496 e. The Kier molecular flexibility index (Phi) is 13.2. The highest BCUT2D eigenvalue weighted by molar-refractivity contribution is 5.72. The maximum absolute atomic E-state index is 11.2. The number of carbonyl (C=O) groups excluding carboxylic acids is 1. The second kappa shape index (κ2) is 17.5. The minimum Gasteiger partial charge on any atom is -0.496 e. The molecule has 0 aromatic heterocycles. The highest BCUT2D eigenvalue weighted by Crippen LogP contribution is 2.29. The van der Waals surface area contributed by atoms with E-state index in [0.717, 1.165) is 66.3 Å². The maximum Gasteiger partial charge on any atom is 0.216 e. The third-order valence-corrected chi connectivity index (χ3v) is 7.55. The van der Waals surface area contributed by atoms with Crippen LogP contribution in [0.1, 0.15) is 47.9 Å². The first-order chi connectivity index (χ1) is 21.0. The van der Waals surface area contributed by atoms with Crippen molar-refractivity contribution in [2.45, 2.75) is 51.7 Å². The molecule has 2 atom stereocenters. The van der Waals surface area contributed by atoms with Crippen molar-refractivity contribution in [3.63, 3.8) is 0 Å². The second-order valence-corrected chi connectivity index (χ2v) is 10.8. The lowest BCUT2D eigenvalue weighted by atomic mass is 9.88. The van der Waals surface area contributed by atoms with Gasteiger partial charge in [0.2, 0.25) is 5.91 Å². The summed E-state index contributed by atoms with van der Waals surface area (Å²) in [6.45, 7) is 8.66. The van der Waals surface area contributed by atoms with E-state index in [2.05, 4.69) is 41.8 Å². The standard InChI is InChI=1S/C35H46N2O6/c1-26-9-10-29(15-18-37-27(2)38)34(23-26)42-21-22-43-35-24-36-17-16-32(35)28-11-13-31(14-12-28)41-20-6-19-40-25-30-7-4-5-8-33(30)39-3/h4-5,7-14,23,32,35-36H,6,15-22,24-25H2,1-3H3,(H,37,38)/t32-,35+/m1/s1. The summed E-state index contributed by atoms with van der Waals surface area (Å²) in [6, 6.07) is 22.5. The van der Waals surface area contributed by atoms with Gasteiger partial charge in [0.25, 0.3) is 0 Å². The molecule has 1 aliphatic heterocycles. The molecule has 0 aliphatic carbocycles. The van der Waals surface area contributed by atoms with E-state index in [1.165, 1.54) is 12.5 Å². The SMILES string of the molecule is COc1ccccc1COCCCOc1ccc([C@H]2CCNC[C@@H]2OCCOc2cc(C)ccc2CCNC(C)=O)cc1. The molecule has 1 amide bonds. The van der Waals surface area contributed by atoms with Gasteiger partial charge < -0.3 is 34.3 Å². The first kappa shape index (κ1) is 32.3. The van der Waals surface area contributed by atoms with Crippen molar-refractivity contribution in [2.24, 2.45) is 0 Å². The summed E-state index contributed by atoms with van der Waals surface area (Å²) in [4.78, 5) is 11.2. The summed E-state index contributed by atoms with van der Waals surface area (Å²) < 4.78 is 29.6. The molecular weight excluding hydrogens is 544 g/mol. The molecule has 0 spiro atoms. The van der Waals surface area contributed by atoms with Crippen LogP contribution in [0.4, 0.5) is 0 Å². The van der Waals surface area contributed by atoms with Crippen molar-refractivity contribution >= 4 is 5.91 Å². The summed E-state index contributed by atoms with van der Waals surface area (Å²) in [7, 11) is 1.67. The number of hydrogen-bond acceptors (Lipinski definition) is 7. The number of aryl methyl sites for hydroxylation is 1. The number of carbonyl (C=O) groups is 1. The number of para-hydroxylation sites is 1. The van der Waals surface area contributed by atoms with Gasteiger partial charge in [0.15, 0.2) is 0 Å². The smallest absolute Gasteiger partial charge is 0.216 e. The lowest BCUT2D eigenvalue weighted by molar-refractivity contribution is -0.118. The lowest BCUT2D eigenvalue weighted by Gasteiger charge is -2.32. The van der Waals surface area contributed by atoms with Gasteiger partial charge in [-0.2, -0.15) is 0 Å². The second-order valence-electron chi connectivity index (χ2n) is 10.8. The van der Waals surface area contributed by atoms with Crippen molar-refractivity contribution in [3.8, 4) is 17.2 Å². The number of rotatable bonds is 17. The Labute approximate surface area is 256 Å². The van der Waals surface area contributed by atoms with Crippen LogP contribution >= 0.6 is 0 Å². The molecule has 0 saturated carbocycles. The zero-order valence-electron chi connectivity index (χ0n) is 25.7. The van der Waals surface area contributed by atoms with Crippen molar-refractivity contribution in [2.75, 3.05) is 53.2 Å². The summed E-state index contributed by atoms with van der Waals surface area (Å²) in [5, 5.41) is 6.32.